The summed E-state index contributed by atoms with van der Waals surface area (Å²) in [6.45, 7) is 1.80. The second-order valence-corrected chi connectivity index (χ2v) is 3.74. The fourth-order valence-corrected chi connectivity index (χ4v) is 1.60. The normalized spacial score (nSPS) is 13.0. The second kappa shape index (κ2) is 3.42. The van der Waals surface area contributed by atoms with Crippen LogP contribution in [0.3, 0.4) is 0 Å². The molecule has 1 atom stereocenters. The second-order valence-electron chi connectivity index (χ2n) is 3.09. The molecule has 0 spiro atoms. The number of aromatic nitrogens is 2. The zero-order valence-electron chi connectivity index (χ0n) is 7.62. The van der Waals surface area contributed by atoms with E-state index in [0.717, 1.165) is 10.9 Å². The Kier molecular flexibility index (Phi) is 2.25. The molecule has 0 aliphatic carbocycles. The molecular weight excluding hydrogens is 200 g/mol. The summed E-state index contributed by atoms with van der Waals surface area (Å²) in [5.74, 6) is 0. The molecule has 0 fully saturated rings. The van der Waals surface area contributed by atoms with Crippen LogP contribution in [0.25, 0.3) is 10.9 Å². The van der Waals surface area contributed by atoms with Crippen LogP contribution >= 0.6 is 11.6 Å². The fraction of sp³-hybridized carbons (Fsp3) is 0.200. The van der Waals surface area contributed by atoms with E-state index in [0.29, 0.717) is 5.69 Å². The maximum atomic E-state index is 11.2. The van der Waals surface area contributed by atoms with Gasteiger partial charge in [0.2, 0.25) is 0 Å². The molecule has 4 heteroatoms. The monoisotopic (exact) mass is 208 g/mol. The number of H-pyrrole nitrogens is 1. The zero-order valence-corrected chi connectivity index (χ0v) is 8.38. The molecule has 0 saturated carbocycles. The molecule has 0 radical (unpaired) electrons. The summed E-state index contributed by atoms with van der Waals surface area (Å²) in [5.41, 5.74) is 1.05. The first-order chi connectivity index (χ1) is 6.68. The van der Waals surface area contributed by atoms with Gasteiger partial charge in [-0.3, -0.25) is 0 Å². The molecule has 0 bridgehead atoms. The van der Waals surface area contributed by atoms with Crippen molar-refractivity contribution in [1.29, 1.82) is 0 Å². The van der Waals surface area contributed by atoms with Crippen molar-refractivity contribution < 1.29 is 0 Å². The molecule has 3 nitrogen and oxygen atoms in total. The van der Waals surface area contributed by atoms with Gasteiger partial charge in [-0.2, -0.15) is 4.98 Å². The van der Waals surface area contributed by atoms with Gasteiger partial charge in [-0.1, -0.05) is 18.2 Å². The number of nitrogens with zero attached hydrogens (tertiary/aromatic N) is 1. The Morgan fingerprint density at radius 3 is 2.86 bits per heavy atom. The van der Waals surface area contributed by atoms with E-state index < -0.39 is 0 Å². The van der Waals surface area contributed by atoms with Crippen LogP contribution in [0.1, 0.15) is 18.0 Å². The van der Waals surface area contributed by atoms with Crippen molar-refractivity contribution in [1.82, 2.24) is 9.97 Å². The average molecular weight is 209 g/mol. The van der Waals surface area contributed by atoms with E-state index in [-0.39, 0.29) is 11.1 Å². The number of fused-ring (bicyclic) bond motifs is 1. The molecule has 1 aromatic carbocycles. The van der Waals surface area contributed by atoms with E-state index in [2.05, 4.69) is 9.97 Å². The highest BCUT2D eigenvalue weighted by molar-refractivity contribution is 6.21. The van der Waals surface area contributed by atoms with E-state index in [1.54, 1.807) is 6.92 Å². The van der Waals surface area contributed by atoms with Crippen molar-refractivity contribution in [2.24, 2.45) is 0 Å². The maximum absolute atomic E-state index is 11.2. The van der Waals surface area contributed by atoms with Crippen molar-refractivity contribution in [3.63, 3.8) is 0 Å². The third-order valence-corrected chi connectivity index (χ3v) is 2.25. The summed E-state index contributed by atoms with van der Waals surface area (Å²) in [6.07, 6.45) is 0. The van der Waals surface area contributed by atoms with Crippen LogP contribution in [0.4, 0.5) is 0 Å². The number of para-hydroxylation sites is 1. The Hall–Kier alpha value is -1.35. The Bertz CT molecular complexity index is 519. The highest BCUT2D eigenvalue weighted by atomic mass is 35.5. The number of rotatable bonds is 1. The quantitative estimate of drug-likeness (QED) is 0.731. The SMILES string of the molecule is CC(Cl)c1nc(=O)[nH]c2ccccc12. The number of benzene rings is 1. The van der Waals surface area contributed by atoms with Crippen LogP contribution in [0.15, 0.2) is 29.1 Å². The Morgan fingerprint density at radius 2 is 2.14 bits per heavy atom. The van der Waals surface area contributed by atoms with Gasteiger partial charge in [-0.05, 0) is 13.0 Å². The van der Waals surface area contributed by atoms with E-state index in [9.17, 15) is 4.79 Å². The predicted octanol–water partition coefficient (Wildman–Crippen LogP) is 2.22. The van der Waals surface area contributed by atoms with Crippen LogP contribution in [0, 0.1) is 0 Å². The third kappa shape index (κ3) is 1.51. The first-order valence-electron chi connectivity index (χ1n) is 4.31. The lowest BCUT2D eigenvalue weighted by Gasteiger charge is -2.05. The highest BCUT2D eigenvalue weighted by Crippen LogP contribution is 2.23. The molecule has 14 heavy (non-hydrogen) atoms. The van der Waals surface area contributed by atoms with Crippen LogP contribution in [0.2, 0.25) is 0 Å². The van der Waals surface area contributed by atoms with Crippen LogP contribution < -0.4 is 5.69 Å². The first kappa shape index (κ1) is 9.21. The Morgan fingerprint density at radius 1 is 1.43 bits per heavy atom. The molecule has 0 aliphatic rings. The van der Waals surface area contributed by atoms with Crippen molar-refractivity contribution in [3.8, 4) is 0 Å². The van der Waals surface area contributed by atoms with Crippen molar-refractivity contribution in [2.75, 3.05) is 0 Å². The van der Waals surface area contributed by atoms with Crippen LogP contribution in [-0.4, -0.2) is 9.97 Å². The van der Waals surface area contributed by atoms with E-state index in [1.165, 1.54) is 0 Å². The molecular formula is C10H9ClN2O. The van der Waals surface area contributed by atoms with Gasteiger partial charge in [0, 0.05) is 5.39 Å². The summed E-state index contributed by atoms with van der Waals surface area (Å²) in [4.78, 5) is 17.7. The lowest BCUT2D eigenvalue weighted by Crippen LogP contribution is -2.13. The predicted molar refractivity (Wildman–Crippen MR) is 56.6 cm³/mol. The molecule has 72 valence electrons. The summed E-state index contributed by atoms with van der Waals surface area (Å²) in [5, 5.41) is 0.636. The summed E-state index contributed by atoms with van der Waals surface area (Å²) < 4.78 is 0. The minimum atomic E-state index is -0.355. The molecule has 1 heterocycles. The summed E-state index contributed by atoms with van der Waals surface area (Å²) in [6, 6.07) is 7.49. The third-order valence-electron chi connectivity index (χ3n) is 2.04. The number of aromatic amines is 1. The largest absolute Gasteiger partial charge is 0.345 e. The van der Waals surface area contributed by atoms with Crippen molar-refractivity contribution in [3.05, 3.63) is 40.4 Å². The van der Waals surface area contributed by atoms with Gasteiger partial charge >= 0.3 is 5.69 Å². The molecule has 0 saturated heterocycles. The lowest BCUT2D eigenvalue weighted by atomic mass is 10.1. The molecule has 1 unspecified atom stereocenters. The minimum Gasteiger partial charge on any atom is -0.305 e. The number of hydrogen-bond donors (Lipinski definition) is 1. The molecule has 1 aromatic heterocycles. The number of nitrogens with one attached hydrogen (secondary N) is 1. The van der Waals surface area contributed by atoms with Gasteiger partial charge in [0.1, 0.15) is 0 Å². The smallest absolute Gasteiger partial charge is 0.305 e. The molecule has 2 rings (SSSR count). The Balaban J connectivity index is 2.87. The van der Waals surface area contributed by atoms with Crippen LogP contribution in [0.5, 0.6) is 0 Å². The summed E-state index contributed by atoms with van der Waals surface area (Å²) >= 11 is 5.94. The number of hydrogen-bond acceptors (Lipinski definition) is 2. The van der Waals surface area contributed by atoms with Crippen molar-refractivity contribution in [2.45, 2.75) is 12.3 Å². The fourth-order valence-electron chi connectivity index (χ4n) is 1.43. The van der Waals surface area contributed by atoms with E-state index in [1.807, 2.05) is 24.3 Å². The topological polar surface area (TPSA) is 45.8 Å². The lowest BCUT2D eigenvalue weighted by molar-refractivity contribution is 0.963. The van der Waals surface area contributed by atoms with Gasteiger partial charge in [0.25, 0.3) is 0 Å². The van der Waals surface area contributed by atoms with E-state index in [4.69, 9.17) is 11.6 Å². The maximum Gasteiger partial charge on any atom is 0.345 e. The van der Waals surface area contributed by atoms with Gasteiger partial charge < -0.3 is 4.98 Å². The van der Waals surface area contributed by atoms with E-state index >= 15 is 0 Å². The standard InChI is InChI=1S/C10H9ClN2O/c1-6(11)9-7-4-2-3-5-8(7)12-10(14)13-9/h2-6H,1H3,(H,12,13,14). The van der Waals surface area contributed by atoms with Gasteiger partial charge in [0.05, 0.1) is 16.6 Å². The summed E-state index contributed by atoms with van der Waals surface area (Å²) in [7, 11) is 0. The molecule has 1 N–H and O–H groups in total. The van der Waals surface area contributed by atoms with Gasteiger partial charge in [0.15, 0.2) is 0 Å². The molecule has 0 aliphatic heterocycles. The molecule has 2 aromatic rings. The minimum absolute atomic E-state index is 0.262. The zero-order chi connectivity index (χ0) is 10.1. The average Bonchev–Trinajstić information content (AvgIpc) is 2.16. The Labute approximate surface area is 85.7 Å². The molecule has 0 amide bonds. The first-order valence-corrected chi connectivity index (χ1v) is 4.75. The number of halogens is 1. The highest BCUT2D eigenvalue weighted by Gasteiger charge is 2.09. The van der Waals surface area contributed by atoms with Gasteiger partial charge in [-0.25, -0.2) is 4.79 Å². The van der Waals surface area contributed by atoms with Gasteiger partial charge in [-0.15, -0.1) is 11.6 Å². The van der Waals surface area contributed by atoms with Crippen molar-refractivity contribution >= 4 is 22.5 Å². The van der Waals surface area contributed by atoms with Crippen LogP contribution in [-0.2, 0) is 0 Å². The number of alkyl halides is 1.